The summed E-state index contributed by atoms with van der Waals surface area (Å²) in [7, 11) is 0. The van der Waals surface area contributed by atoms with Crippen LogP contribution in [0.25, 0.3) is 0 Å². The van der Waals surface area contributed by atoms with Crippen molar-refractivity contribution in [2.75, 3.05) is 11.9 Å². The maximum Gasteiger partial charge on any atom is 0.251 e. The second-order valence-electron chi connectivity index (χ2n) is 7.15. The van der Waals surface area contributed by atoms with Crippen molar-refractivity contribution in [2.24, 2.45) is 17.3 Å². The molecular formula is C18H24N2O2. The summed E-state index contributed by atoms with van der Waals surface area (Å²) >= 11 is 0. The molecule has 2 aliphatic carbocycles. The maximum absolute atomic E-state index is 12.3. The summed E-state index contributed by atoms with van der Waals surface area (Å²) in [5.74, 6) is 0.617. The summed E-state index contributed by atoms with van der Waals surface area (Å²) in [5.41, 5.74) is 1.63. The first-order valence-corrected chi connectivity index (χ1v) is 8.19. The first kappa shape index (κ1) is 15.1. The van der Waals surface area contributed by atoms with Crippen LogP contribution in [0.5, 0.6) is 0 Å². The van der Waals surface area contributed by atoms with Crippen molar-refractivity contribution in [3.05, 3.63) is 29.8 Å². The van der Waals surface area contributed by atoms with E-state index in [-0.39, 0.29) is 17.7 Å². The average Bonchev–Trinajstić information content (AvgIpc) is 3.21. The standard InChI is InChI=1S/C18H24N2O2/c1-12(2)11-19-16(21)13-5-3-6-14(9-13)20-17(22)15-10-18(15)7-4-8-18/h3,5-6,9,12,15H,4,7-8,10-11H2,1-2H3,(H,19,21)(H,20,22). The SMILES string of the molecule is CC(C)CNC(=O)c1cccc(NC(=O)C2CC23CCC3)c1. The molecule has 0 radical (unpaired) electrons. The predicted octanol–water partition coefficient (Wildman–Crippen LogP) is 3.20. The summed E-state index contributed by atoms with van der Waals surface area (Å²) in [6, 6.07) is 7.18. The lowest BCUT2D eigenvalue weighted by Gasteiger charge is -2.26. The number of anilines is 1. The highest BCUT2D eigenvalue weighted by Gasteiger charge is 2.60. The molecule has 0 aliphatic heterocycles. The van der Waals surface area contributed by atoms with Gasteiger partial charge in [0.15, 0.2) is 0 Å². The van der Waals surface area contributed by atoms with E-state index in [4.69, 9.17) is 0 Å². The molecule has 3 rings (SSSR count). The van der Waals surface area contributed by atoms with Gasteiger partial charge in [-0.1, -0.05) is 26.3 Å². The Morgan fingerprint density at radius 1 is 1.32 bits per heavy atom. The third kappa shape index (κ3) is 3.01. The average molecular weight is 300 g/mol. The van der Waals surface area contributed by atoms with Crippen molar-refractivity contribution in [1.82, 2.24) is 5.32 Å². The van der Waals surface area contributed by atoms with Crippen molar-refractivity contribution < 1.29 is 9.59 Å². The van der Waals surface area contributed by atoms with Crippen LogP contribution in [-0.4, -0.2) is 18.4 Å². The molecule has 0 saturated heterocycles. The number of hydrogen-bond acceptors (Lipinski definition) is 2. The van der Waals surface area contributed by atoms with Crippen molar-refractivity contribution in [3.63, 3.8) is 0 Å². The molecule has 4 heteroatoms. The minimum Gasteiger partial charge on any atom is -0.352 e. The second-order valence-corrected chi connectivity index (χ2v) is 7.15. The molecule has 1 spiro atoms. The predicted molar refractivity (Wildman–Crippen MR) is 86.6 cm³/mol. The fourth-order valence-electron chi connectivity index (χ4n) is 3.27. The Balaban J connectivity index is 1.59. The summed E-state index contributed by atoms with van der Waals surface area (Å²) in [6.45, 7) is 4.77. The van der Waals surface area contributed by atoms with Gasteiger partial charge >= 0.3 is 0 Å². The van der Waals surface area contributed by atoms with E-state index in [0.717, 1.165) is 6.42 Å². The summed E-state index contributed by atoms with van der Waals surface area (Å²) < 4.78 is 0. The Hall–Kier alpha value is -1.84. The fraction of sp³-hybridized carbons (Fsp3) is 0.556. The van der Waals surface area contributed by atoms with E-state index in [1.807, 2.05) is 12.1 Å². The molecular weight excluding hydrogens is 276 g/mol. The highest BCUT2D eigenvalue weighted by atomic mass is 16.2. The zero-order valence-corrected chi connectivity index (χ0v) is 13.3. The van der Waals surface area contributed by atoms with Crippen molar-refractivity contribution in [2.45, 2.75) is 39.5 Å². The highest BCUT2D eigenvalue weighted by molar-refractivity contribution is 5.98. The molecule has 0 aromatic heterocycles. The highest BCUT2D eigenvalue weighted by Crippen LogP contribution is 2.65. The minimum absolute atomic E-state index is 0.0910. The van der Waals surface area contributed by atoms with Gasteiger partial charge in [-0.15, -0.1) is 0 Å². The molecule has 1 unspecified atom stereocenters. The maximum atomic E-state index is 12.3. The number of benzene rings is 1. The van der Waals surface area contributed by atoms with Crippen LogP contribution in [0.2, 0.25) is 0 Å². The number of amides is 2. The van der Waals surface area contributed by atoms with E-state index in [1.54, 1.807) is 12.1 Å². The monoisotopic (exact) mass is 300 g/mol. The first-order chi connectivity index (χ1) is 10.5. The van der Waals surface area contributed by atoms with Crippen molar-refractivity contribution in [3.8, 4) is 0 Å². The smallest absolute Gasteiger partial charge is 0.251 e. The van der Waals surface area contributed by atoms with Crippen LogP contribution >= 0.6 is 0 Å². The summed E-state index contributed by atoms with van der Waals surface area (Å²) in [6.07, 6.45) is 4.69. The Bertz CT molecular complexity index is 591. The fourth-order valence-corrected chi connectivity index (χ4v) is 3.27. The van der Waals surface area contributed by atoms with Crippen LogP contribution in [0.4, 0.5) is 5.69 Å². The quantitative estimate of drug-likeness (QED) is 0.877. The third-order valence-electron chi connectivity index (χ3n) is 4.92. The topological polar surface area (TPSA) is 58.2 Å². The van der Waals surface area contributed by atoms with Gasteiger partial charge in [0.1, 0.15) is 0 Å². The van der Waals surface area contributed by atoms with E-state index in [9.17, 15) is 9.59 Å². The Labute approximate surface area is 131 Å². The number of hydrogen-bond donors (Lipinski definition) is 2. The third-order valence-corrected chi connectivity index (χ3v) is 4.92. The first-order valence-electron chi connectivity index (χ1n) is 8.19. The lowest BCUT2D eigenvalue weighted by Crippen LogP contribution is -2.27. The molecule has 2 N–H and O–H groups in total. The normalized spacial score (nSPS) is 21.3. The zero-order chi connectivity index (χ0) is 15.7. The molecule has 2 saturated carbocycles. The molecule has 22 heavy (non-hydrogen) atoms. The van der Waals surface area contributed by atoms with E-state index >= 15 is 0 Å². The lowest BCUT2D eigenvalue weighted by atomic mass is 9.79. The van der Waals surface area contributed by atoms with Gasteiger partial charge in [-0.2, -0.15) is 0 Å². The molecule has 1 aromatic rings. The Morgan fingerprint density at radius 3 is 2.68 bits per heavy atom. The van der Waals surface area contributed by atoms with Gasteiger partial charge in [0.2, 0.25) is 5.91 Å². The van der Waals surface area contributed by atoms with E-state index in [0.29, 0.717) is 29.1 Å². The molecule has 0 bridgehead atoms. The van der Waals surface area contributed by atoms with Gasteiger partial charge in [-0.25, -0.2) is 0 Å². The van der Waals surface area contributed by atoms with Crippen LogP contribution in [0, 0.1) is 17.3 Å². The molecule has 2 aliphatic rings. The Morgan fingerprint density at radius 2 is 2.09 bits per heavy atom. The lowest BCUT2D eigenvalue weighted by molar-refractivity contribution is -0.118. The van der Waals surface area contributed by atoms with Gasteiger partial charge in [-0.05, 0) is 48.8 Å². The van der Waals surface area contributed by atoms with Gasteiger partial charge in [0.05, 0.1) is 0 Å². The molecule has 0 heterocycles. The van der Waals surface area contributed by atoms with Crippen LogP contribution in [0.1, 0.15) is 49.9 Å². The largest absolute Gasteiger partial charge is 0.352 e. The van der Waals surface area contributed by atoms with E-state index in [2.05, 4.69) is 24.5 Å². The number of carbonyl (C=O) groups is 2. The van der Waals surface area contributed by atoms with Crippen molar-refractivity contribution >= 4 is 17.5 Å². The molecule has 118 valence electrons. The zero-order valence-electron chi connectivity index (χ0n) is 13.3. The van der Waals surface area contributed by atoms with Crippen LogP contribution in [-0.2, 0) is 4.79 Å². The van der Waals surface area contributed by atoms with Crippen LogP contribution in [0.3, 0.4) is 0 Å². The summed E-state index contributed by atoms with van der Waals surface area (Å²) in [5, 5.41) is 5.86. The van der Waals surface area contributed by atoms with Gasteiger partial charge in [-0.3, -0.25) is 9.59 Å². The van der Waals surface area contributed by atoms with E-state index in [1.165, 1.54) is 19.3 Å². The molecule has 1 atom stereocenters. The number of nitrogens with one attached hydrogen (secondary N) is 2. The second kappa shape index (κ2) is 5.75. The molecule has 1 aromatic carbocycles. The molecule has 4 nitrogen and oxygen atoms in total. The van der Waals surface area contributed by atoms with Gasteiger partial charge in [0.25, 0.3) is 5.91 Å². The van der Waals surface area contributed by atoms with Crippen LogP contribution < -0.4 is 10.6 Å². The molecule has 2 amide bonds. The van der Waals surface area contributed by atoms with E-state index < -0.39 is 0 Å². The number of rotatable bonds is 5. The Kier molecular flexibility index (Phi) is 3.94. The van der Waals surface area contributed by atoms with Gasteiger partial charge in [0, 0.05) is 23.7 Å². The summed E-state index contributed by atoms with van der Waals surface area (Å²) in [4.78, 5) is 24.3. The number of carbonyl (C=O) groups excluding carboxylic acids is 2. The molecule has 2 fully saturated rings. The van der Waals surface area contributed by atoms with Crippen LogP contribution in [0.15, 0.2) is 24.3 Å². The van der Waals surface area contributed by atoms with Crippen molar-refractivity contribution in [1.29, 1.82) is 0 Å². The minimum atomic E-state index is -0.0910. The van der Waals surface area contributed by atoms with Gasteiger partial charge < -0.3 is 10.6 Å².